The molecule has 0 saturated heterocycles. The lowest BCUT2D eigenvalue weighted by atomic mass is 9.84. The van der Waals surface area contributed by atoms with Crippen molar-refractivity contribution in [3.05, 3.63) is 0 Å². The number of esters is 2. The van der Waals surface area contributed by atoms with Crippen molar-refractivity contribution in [2.45, 2.75) is 65.6 Å². The van der Waals surface area contributed by atoms with E-state index in [1.807, 2.05) is 27.7 Å². The molecule has 6 nitrogen and oxygen atoms in total. The Morgan fingerprint density at radius 1 is 0.917 bits per heavy atom. The molecule has 0 radical (unpaired) electrons. The Morgan fingerprint density at radius 3 is 1.96 bits per heavy atom. The largest absolute Gasteiger partial charge is 0.516 e. The summed E-state index contributed by atoms with van der Waals surface area (Å²) in [4.78, 5) is 36.8. The van der Waals surface area contributed by atoms with Gasteiger partial charge in [-0.05, 0) is 20.3 Å². The van der Waals surface area contributed by atoms with Crippen molar-refractivity contribution in [1.29, 1.82) is 0 Å². The molecule has 7 heteroatoms. The number of carbonyl (C=O) groups is 3. The highest BCUT2D eigenvalue weighted by molar-refractivity contribution is 8.00. The van der Waals surface area contributed by atoms with Crippen LogP contribution in [0.2, 0.25) is 0 Å². The van der Waals surface area contributed by atoms with E-state index in [0.717, 1.165) is 6.42 Å². The monoisotopic (exact) mass is 362 g/mol. The molecule has 24 heavy (non-hydrogen) atoms. The maximum absolute atomic E-state index is 12.7. The van der Waals surface area contributed by atoms with Crippen molar-refractivity contribution in [2.75, 3.05) is 19.0 Å². The normalized spacial score (nSPS) is 13.8. The van der Waals surface area contributed by atoms with E-state index in [1.54, 1.807) is 13.8 Å². The van der Waals surface area contributed by atoms with Gasteiger partial charge in [0.15, 0.2) is 5.41 Å². The second-order valence-corrected chi connectivity index (χ2v) is 8.18. The molecule has 0 spiro atoms. The fourth-order valence-electron chi connectivity index (χ4n) is 1.89. The van der Waals surface area contributed by atoms with Crippen molar-refractivity contribution in [3.8, 4) is 0 Å². The Hall–Kier alpha value is -1.24. The summed E-state index contributed by atoms with van der Waals surface area (Å²) in [7, 11) is 0. The first-order valence-corrected chi connectivity index (χ1v) is 9.31. The van der Waals surface area contributed by atoms with Crippen LogP contribution < -0.4 is 0 Å². The van der Waals surface area contributed by atoms with E-state index < -0.39 is 23.5 Å². The molecule has 0 aliphatic rings. The van der Waals surface area contributed by atoms with Crippen LogP contribution in [0.4, 0.5) is 4.79 Å². The number of carbonyl (C=O) groups excluding carboxylic acids is 3. The molecule has 0 aromatic carbocycles. The number of rotatable bonds is 9. The summed E-state index contributed by atoms with van der Waals surface area (Å²) in [6.07, 6.45) is 0.618. The average Bonchev–Trinajstić information content (AvgIpc) is 2.47. The molecule has 0 aliphatic carbocycles. The highest BCUT2D eigenvalue weighted by Crippen LogP contribution is 2.37. The summed E-state index contributed by atoms with van der Waals surface area (Å²) in [5, 5.41) is 0. The van der Waals surface area contributed by atoms with Gasteiger partial charge in [0.2, 0.25) is 0 Å². The topological polar surface area (TPSA) is 78.9 Å². The molecule has 0 saturated carbocycles. The second-order valence-electron chi connectivity index (χ2n) is 6.38. The first kappa shape index (κ1) is 22.8. The van der Waals surface area contributed by atoms with E-state index in [0.29, 0.717) is 6.42 Å². The van der Waals surface area contributed by atoms with E-state index in [9.17, 15) is 14.4 Å². The number of thioether (sulfide) groups is 1. The average molecular weight is 362 g/mol. The zero-order valence-corrected chi connectivity index (χ0v) is 16.4. The molecule has 0 rings (SSSR count). The van der Waals surface area contributed by atoms with Crippen molar-refractivity contribution < 1.29 is 28.6 Å². The fourth-order valence-corrected chi connectivity index (χ4v) is 2.95. The molecule has 1 unspecified atom stereocenters. The number of hydrogen-bond acceptors (Lipinski definition) is 7. The maximum Gasteiger partial charge on any atom is 0.516 e. The van der Waals surface area contributed by atoms with Crippen LogP contribution in [0.1, 0.15) is 60.8 Å². The van der Waals surface area contributed by atoms with Crippen LogP contribution in [-0.4, -0.2) is 41.8 Å². The molecule has 140 valence electrons. The van der Waals surface area contributed by atoms with Crippen molar-refractivity contribution in [3.63, 3.8) is 0 Å². The van der Waals surface area contributed by atoms with Crippen LogP contribution in [0, 0.1) is 5.41 Å². The summed E-state index contributed by atoms with van der Waals surface area (Å²) in [5.41, 5.74) is -1.50. The van der Waals surface area contributed by atoms with Gasteiger partial charge in [0, 0.05) is 10.5 Å². The Morgan fingerprint density at radius 2 is 1.50 bits per heavy atom. The summed E-state index contributed by atoms with van der Waals surface area (Å²) in [6, 6.07) is 0. The van der Waals surface area contributed by atoms with Crippen LogP contribution in [0.15, 0.2) is 0 Å². The first-order chi connectivity index (χ1) is 11.1. The molecule has 0 amide bonds. The zero-order valence-electron chi connectivity index (χ0n) is 15.6. The Bertz CT molecular complexity index is 429. The summed E-state index contributed by atoms with van der Waals surface area (Å²) in [6.45, 7) is 11.5. The van der Waals surface area contributed by atoms with E-state index in [4.69, 9.17) is 9.47 Å². The van der Waals surface area contributed by atoms with Crippen molar-refractivity contribution >= 4 is 29.9 Å². The van der Waals surface area contributed by atoms with Gasteiger partial charge in [-0.15, -0.1) is 0 Å². The Kier molecular flexibility index (Phi) is 10.0. The Balaban J connectivity index is 5.55. The molecule has 0 aromatic rings. The summed E-state index contributed by atoms with van der Waals surface area (Å²) in [5.74, 6) is -1.36. The standard InChI is InChI=1S/C17H30O6S/c1-7-10-11-17(13(18)21-8-2,12-24-16(4,5)6)14(19)23-15(20)22-9-3/h7-12H2,1-6H3. The van der Waals surface area contributed by atoms with Gasteiger partial charge in [0.05, 0.1) is 13.2 Å². The number of unbranched alkanes of at least 4 members (excludes halogenated alkanes) is 1. The summed E-state index contributed by atoms with van der Waals surface area (Å²) < 4.78 is 14.4. The SMILES string of the molecule is CCCCC(CSC(C)(C)C)(C(=O)OCC)C(=O)OC(=O)OCC. The highest BCUT2D eigenvalue weighted by Gasteiger charge is 2.50. The lowest BCUT2D eigenvalue weighted by Crippen LogP contribution is -2.45. The van der Waals surface area contributed by atoms with Crippen LogP contribution in [-0.2, 0) is 23.8 Å². The molecule has 0 N–H and O–H groups in total. The van der Waals surface area contributed by atoms with Gasteiger partial charge in [0.1, 0.15) is 0 Å². The highest BCUT2D eigenvalue weighted by atomic mass is 32.2. The molecule has 0 heterocycles. The smallest absolute Gasteiger partial charge is 0.465 e. The van der Waals surface area contributed by atoms with Gasteiger partial charge in [-0.3, -0.25) is 9.59 Å². The minimum Gasteiger partial charge on any atom is -0.465 e. The lowest BCUT2D eigenvalue weighted by molar-refractivity contribution is -0.168. The third-order valence-corrected chi connectivity index (χ3v) is 4.71. The second kappa shape index (κ2) is 10.6. The molecular formula is C17H30O6S. The molecule has 0 fully saturated rings. The minimum atomic E-state index is -1.50. The predicted octanol–water partition coefficient (Wildman–Crippen LogP) is 3.96. The van der Waals surface area contributed by atoms with E-state index in [1.165, 1.54) is 11.8 Å². The van der Waals surface area contributed by atoms with Crippen LogP contribution in [0.5, 0.6) is 0 Å². The molecular weight excluding hydrogens is 332 g/mol. The third kappa shape index (κ3) is 7.55. The molecule has 0 aliphatic heterocycles. The van der Waals surface area contributed by atoms with Gasteiger partial charge in [-0.25, -0.2) is 4.79 Å². The Labute approximate surface area is 149 Å². The summed E-state index contributed by atoms with van der Waals surface area (Å²) >= 11 is 1.46. The molecule has 0 aromatic heterocycles. The van der Waals surface area contributed by atoms with Crippen LogP contribution in [0.25, 0.3) is 0 Å². The number of hydrogen-bond donors (Lipinski definition) is 0. The number of ether oxygens (including phenoxy) is 3. The van der Waals surface area contributed by atoms with Crippen LogP contribution >= 0.6 is 11.8 Å². The maximum atomic E-state index is 12.7. The molecule has 1 atom stereocenters. The van der Waals surface area contributed by atoms with E-state index in [-0.39, 0.29) is 30.1 Å². The van der Waals surface area contributed by atoms with Gasteiger partial charge < -0.3 is 14.2 Å². The fraction of sp³-hybridized carbons (Fsp3) is 0.824. The van der Waals surface area contributed by atoms with E-state index >= 15 is 0 Å². The van der Waals surface area contributed by atoms with Gasteiger partial charge in [-0.1, -0.05) is 40.5 Å². The van der Waals surface area contributed by atoms with Gasteiger partial charge in [-0.2, -0.15) is 11.8 Å². The van der Waals surface area contributed by atoms with Gasteiger partial charge >= 0.3 is 18.1 Å². The van der Waals surface area contributed by atoms with E-state index in [2.05, 4.69) is 4.74 Å². The van der Waals surface area contributed by atoms with Crippen molar-refractivity contribution in [1.82, 2.24) is 0 Å². The van der Waals surface area contributed by atoms with Crippen molar-refractivity contribution in [2.24, 2.45) is 5.41 Å². The predicted molar refractivity (Wildman–Crippen MR) is 93.9 cm³/mol. The minimum absolute atomic E-state index is 0.0875. The quantitative estimate of drug-likeness (QED) is 0.454. The lowest BCUT2D eigenvalue weighted by Gasteiger charge is -2.31. The zero-order chi connectivity index (χ0) is 18.8. The van der Waals surface area contributed by atoms with Gasteiger partial charge in [0.25, 0.3) is 0 Å². The van der Waals surface area contributed by atoms with Crippen LogP contribution in [0.3, 0.4) is 0 Å². The third-order valence-electron chi connectivity index (χ3n) is 3.20. The molecule has 0 bridgehead atoms. The first-order valence-electron chi connectivity index (χ1n) is 8.33.